The van der Waals surface area contributed by atoms with Crippen LogP contribution in [0.15, 0.2) is 35.3 Å². The Morgan fingerprint density at radius 1 is 1.37 bits per heavy atom. The van der Waals surface area contributed by atoms with Crippen molar-refractivity contribution >= 4 is 23.1 Å². The van der Waals surface area contributed by atoms with Gasteiger partial charge in [0, 0.05) is 5.69 Å². The molecule has 1 rings (SSSR count). The molecular weight excluding hydrogens is 240 g/mol. The lowest BCUT2D eigenvalue weighted by Gasteiger charge is -2.06. The molecule has 0 aromatic heterocycles. The summed E-state index contributed by atoms with van der Waals surface area (Å²) >= 11 is 0. The van der Waals surface area contributed by atoms with Gasteiger partial charge in [0.2, 0.25) is 0 Å². The van der Waals surface area contributed by atoms with Gasteiger partial charge in [-0.25, -0.2) is 9.79 Å². The normalized spacial score (nSPS) is 12.4. The minimum atomic E-state index is -0.378. The molecule has 0 heterocycles. The summed E-state index contributed by atoms with van der Waals surface area (Å²) in [7, 11) is 1.37. The number of carbonyl (C=O) groups is 1. The second-order valence-corrected chi connectivity index (χ2v) is 4.10. The number of esters is 1. The molecule has 0 aliphatic carbocycles. The molecule has 1 aromatic carbocycles. The first-order valence-electron chi connectivity index (χ1n) is 6.30. The summed E-state index contributed by atoms with van der Waals surface area (Å²) in [5, 5.41) is 0. The molecule has 0 atom stereocenters. The molecule has 19 heavy (non-hydrogen) atoms. The van der Waals surface area contributed by atoms with Gasteiger partial charge in [-0.3, -0.25) is 0 Å². The van der Waals surface area contributed by atoms with Gasteiger partial charge in [-0.1, -0.05) is 31.6 Å². The van der Waals surface area contributed by atoms with Crippen LogP contribution in [0.5, 0.6) is 0 Å². The molecule has 1 aromatic rings. The molecule has 0 bridgehead atoms. The first-order chi connectivity index (χ1) is 9.12. The number of methoxy groups -OCH3 is 1. The van der Waals surface area contributed by atoms with Crippen LogP contribution in [0.2, 0.25) is 0 Å². The third-order valence-corrected chi connectivity index (χ3v) is 2.64. The van der Waals surface area contributed by atoms with Crippen molar-refractivity contribution in [2.75, 3.05) is 12.8 Å². The molecule has 2 N–H and O–H groups in total. The molecule has 4 heteroatoms. The number of anilines is 1. The Kier molecular flexibility index (Phi) is 5.79. The van der Waals surface area contributed by atoms with Gasteiger partial charge in [0.1, 0.15) is 5.71 Å². The molecule has 0 amide bonds. The number of aliphatic imine (C=N–C) groups is 1. The third-order valence-electron chi connectivity index (χ3n) is 2.64. The van der Waals surface area contributed by atoms with E-state index in [0.29, 0.717) is 17.8 Å². The van der Waals surface area contributed by atoms with E-state index in [1.54, 1.807) is 0 Å². The van der Waals surface area contributed by atoms with E-state index in [-0.39, 0.29) is 5.97 Å². The van der Waals surface area contributed by atoms with Gasteiger partial charge in [0.05, 0.1) is 12.8 Å². The van der Waals surface area contributed by atoms with Crippen molar-refractivity contribution in [2.45, 2.75) is 26.7 Å². The number of benzene rings is 1. The zero-order chi connectivity index (χ0) is 14.3. The van der Waals surface area contributed by atoms with Gasteiger partial charge < -0.3 is 10.5 Å². The summed E-state index contributed by atoms with van der Waals surface area (Å²) in [6.07, 6.45) is 3.30. The molecule has 4 nitrogen and oxygen atoms in total. The molecule has 0 radical (unpaired) electrons. The maximum Gasteiger partial charge on any atom is 0.352 e. The van der Waals surface area contributed by atoms with E-state index < -0.39 is 0 Å². The first kappa shape index (κ1) is 15.0. The van der Waals surface area contributed by atoms with Gasteiger partial charge >= 0.3 is 5.97 Å². The maximum atomic E-state index is 11.6. The summed E-state index contributed by atoms with van der Waals surface area (Å²) in [6, 6.07) is 7.39. The fraction of sp³-hybridized carbons (Fsp3) is 0.333. The number of carbonyl (C=O) groups excluding carboxylic acids is 1. The average molecular weight is 260 g/mol. The number of nitrogen functional groups attached to an aromatic ring is 1. The zero-order valence-electron chi connectivity index (χ0n) is 11.6. The standard InChI is InChI=1S/C15H20N2O2/c1-4-6-14(15(18)19-3)17-13(5-2)11-7-9-12(16)10-8-11/h5,7-10H,4,6,16H2,1-3H3/b13-5-,17-14?. The Bertz CT molecular complexity index is 487. The van der Waals surface area contributed by atoms with Crippen molar-refractivity contribution in [1.82, 2.24) is 0 Å². The van der Waals surface area contributed by atoms with Crippen LogP contribution in [0, 0.1) is 0 Å². The fourth-order valence-electron chi connectivity index (χ4n) is 1.65. The molecule has 102 valence electrons. The van der Waals surface area contributed by atoms with Crippen molar-refractivity contribution < 1.29 is 9.53 Å². The number of nitrogens with two attached hydrogens (primary N) is 1. The number of hydrogen-bond donors (Lipinski definition) is 1. The lowest BCUT2D eigenvalue weighted by molar-refractivity contribution is -0.132. The quantitative estimate of drug-likeness (QED) is 0.502. The van der Waals surface area contributed by atoms with Crippen LogP contribution in [0.1, 0.15) is 32.3 Å². The summed E-state index contributed by atoms with van der Waals surface area (Å²) in [6.45, 7) is 3.88. The van der Waals surface area contributed by atoms with E-state index in [4.69, 9.17) is 10.5 Å². The number of rotatable bonds is 5. The van der Waals surface area contributed by atoms with Crippen molar-refractivity contribution in [2.24, 2.45) is 4.99 Å². The van der Waals surface area contributed by atoms with Crippen molar-refractivity contribution in [3.63, 3.8) is 0 Å². The lowest BCUT2D eigenvalue weighted by Crippen LogP contribution is -2.15. The monoisotopic (exact) mass is 260 g/mol. The van der Waals surface area contributed by atoms with E-state index in [2.05, 4.69) is 4.99 Å². The van der Waals surface area contributed by atoms with Gasteiger partial charge in [-0.15, -0.1) is 0 Å². The predicted molar refractivity (Wildman–Crippen MR) is 78.9 cm³/mol. The average Bonchev–Trinajstić information content (AvgIpc) is 2.43. The highest BCUT2D eigenvalue weighted by Crippen LogP contribution is 2.18. The summed E-state index contributed by atoms with van der Waals surface area (Å²) in [5.41, 5.74) is 8.47. The topological polar surface area (TPSA) is 64.7 Å². The minimum absolute atomic E-state index is 0.378. The van der Waals surface area contributed by atoms with Crippen LogP contribution in [0.25, 0.3) is 5.70 Å². The highest BCUT2D eigenvalue weighted by Gasteiger charge is 2.11. The molecule has 0 spiro atoms. The summed E-state index contributed by atoms with van der Waals surface area (Å²) < 4.78 is 4.75. The second-order valence-electron chi connectivity index (χ2n) is 4.10. The number of ether oxygens (including phenoxy) is 1. The number of nitrogens with zero attached hydrogens (tertiary/aromatic N) is 1. The van der Waals surface area contributed by atoms with E-state index in [0.717, 1.165) is 17.7 Å². The highest BCUT2D eigenvalue weighted by molar-refractivity contribution is 6.37. The van der Waals surface area contributed by atoms with E-state index in [1.165, 1.54) is 7.11 Å². The second kappa shape index (κ2) is 7.36. The van der Waals surface area contributed by atoms with Crippen LogP contribution in [-0.4, -0.2) is 18.8 Å². The fourth-order valence-corrected chi connectivity index (χ4v) is 1.65. The van der Waals surface area contributed by atoms with Gasteiger partial charge in [-0.2, -0.15) is 0 Å². The summed E-state index contributed by atoms with van der Waals surface area (Å²) in [4.78, 5) is 16.1. The third kappa shape index (κ3) is 4.25. The van der Waals surface area contributed by atoms with E-state index in [9.17, 15) is 4.79 Å². The predicted octanol–water partition coefficient (Wildman–Crippen LogP) is 3.04. The smallest absolute Gasteiger partial charge is 0.352 e. The highest BCUT2D eigenvalue weighted by atomic mass is 16.5. The number of allylic oxidation sites excluding steroid dienone is 1. The molecule has 0 aliphatic heterocycles. The zero-order valence-corrected chi connectivity index (χ0v) is 11.6. The maximum absolute atomic E-state index is 11.6. The number of hydrogen-bond acceptors (Lipinski definition) is 4. The first-order valence-corrected chi connectivity index (χ1v) is 6.30. The van der Waals surface area contributed by atoms with Crippen LogP contribution in [-0.2, 0) is 9.53 Å². The Morgan fingerprint density at radius 2 is 2.00 bits per heavy atom. The van der Waals surface area contributed by atoms with Crippen molar-refractivity contribution in [1.29, 1.82) is 0 Å². The van der Waals surface area contributed by atoms with Gasteiger partial charge in [-0.05, 0) is 31.0 Å². The molecule has 0 saturated heterocycles. The molecule has 0 saturated carbocycles. The molecule has 0 unspecified atom stereocenters. The Morgan fingerprint density at radius 3 is 2.47 bits per heavy atom. The van der Waals surface area contributed by atoms with E-state index >= 15 is 0 Å². The van der Waals surface area contributed by atoms with Crippen LogP contribution in [0.4, 0.5) is 5.69 Å². The molecular formula is C15H20N2O2. The molecule has 0 aliphatic rings. The van der Waals surface area contributed by atoms with Crippen molar-refractivity contribution in [3.05, 3.63) is 35.9 Å². The van der Waals surface area contributed by atoms with Crippen LogP contribution >= 0.6 is 0 Å². The van der Waals surface area contributed by atoms with Gasteiger partial charge in [0.25, 0.3) is 0 Å². The molecule has 0 fully saturated rings. The van der Waals surface area contributed by atoms with Crippen LogP contribution in [0.3, 0.4) is 0 Å². The Labute approximate surface area is 114 Å². The van der Waals surface area contributed by atoms with Gasteiger partial charge in [0.15, 0.2) is 0 Å². The summed E-state index contributed by atoms with van der Waals surface area (Å²) in [5.74, 6) is -0.378. The minimum Gasteiger partial charge on any atom is -0.465 e. The largest absolute Gasteiger partial charge is 0.465 e. The Balaban J connectivity index is 3.08. The van der Waals surface area contributed by atoms with E-state index in [1.807, 2.05) is 44.2 Å². The SMILES string of the molecule is C/C=C(\N=C(CCC)C(=O)OC)c1ccc(N)cc1. The lowest BCUT2D eigenvalue weighted by atomic mass is 10.1. The Hall–Kier alpha value is -2.10. The van der Waals surface area contributed by atoms with Crippen LogP contribution < -0.4 is 5.73 Å². The van der Waals surface area contributed by atoms with Crippen molar-refractivity contribution in [3.8, 4) is 0 Å².